The summed E-state index contributed by atoms with van der Waals surface area (Å²) in [5.41, 5.74) is 7.67. The molecule has 0 unspecified atom stereocenters. The molecule has 112 valence electrons. The summed E-state index contributed by atoms with van der Waals surface area (Å²) in [6.07, 6.45) is 1.35. The molecule has 8 heteroatoms. The van der Waals surface area contributed by atoms with E-state index in [2.05, 4.69) is 25.6 Å². The quantitative estimate of drug-likeness (QED) is 0.620. The number of halogens is 2. The average Bonchev–Trinajstić information content (AvgIpc) is 2.38. The van der Waals surface area contributed by atoms with Crippen LogP contribution < -0.4 is 10.5 Å². The Morgan fingerprint density at radius 2 is 2.00 bits per heavy atom. The Kier molecular flexibility index (Phi) is 4.46. The first-order valence-corrected chi connectivity index (χ1v) is 8.57. The molecular formula is C13H13BrClN3O2S. The lowest BCUT2D eigenvalue weighted by Crippen LogP contribution is -2.16. The molecular weight excluding hydrogens is 378 g/mol. The molecule has 0 bridgehead atoms. The highest BCUT2D eigenvalue weighted by Crippen LogP contribution is 2.28. The molecule has 3 N–H and O–H groups in total. The van der Waals surface area contributed by atoms with Gasteiger partial charge < -0.3 is 5.73 Å². The molecule has 5 nitrogen and oxygen atoms in total. The van der Waals surface area contributed by atoms with Crippen molar-refractivity contribution in [2.75, 3.05) is 10.5 Å². The van der Waals surface area contributed by atoms with Gasteiger partial charge in [0.05, 0.1) is 21.3 Å². The standard InChI is InChI=1S/C13H13BrClN3O2S/c1-7-3-4-11(16)8(2)12(7)21(19,20)18-9-5-10(14)13(15)17-6-9/h3-6,18H,16H2,1-2H3. The molecule has 0 aliphatic rings. The Hall–Kier alpha value is -1.31. The van der Waals surface area contributed by atoms with Gasteiger partial charge in [0.25, 0.3) is 10.0 Å². The summed E-state index contributed by atoms with van der Waals surface area (Å²) in [5.74, 6) is 0. The molecule has 21 heavy (non-hydrogen) atoms. The van der Waals surface area contributed by atoms with E-state index in [0.29, 0.717) is 27.0 Å². The second-order valence-corrected chi connectivity index (χ2v) is 7.36. The Morgan fingerprint density at radius 1 is 1.33 bits per heavy atom. The molecule has 0 aliphatic heterocycles. The van der Waals surface area contributed by atoms with E-state index in [-0.39, 0.29) is 10.0 Å². The number of nitrogens with two attached hydrogens (primary N) is 1. The van der Waals surface area contributed by atoms with E-state index in [4.69, 9.17) is 17.3 Å². The van der Waals surface area contributed by atoms with Crippen LogP contribution >= 0.6 is 27.5 Å². The van der Waals surface area contributed by atoms with Gasteiger partial charge in [0.2, 0.25) is 0 Å². The smallest absolute Gasteiger partial charge is 0.262 e. The third-order valence-electron chi connectivity index (χ3n) is 2.96. The summed E-state index contributed by atoms with van der Waals surface area (Å²) in [5, 5.41) is 0.259. The van der Waals surface area contributed by atoms with Crippen LogP contribution in [0.1, 0.15) is 11.1 Å². The maximum Gasteiger partial charge on any atom is 0.262 e. The third-order valence-corrected chi connectivity index (χ3v) is 5.77. The number of aromatic nitrogens is 1. The molecule has 0 saturated heterocycles. The molecule has 2 rings (SSSR count). The van der Waals surface area contributed by atoms with Crippen LogP contribution in [0, 0.1) is 13.8 Å². The second-order valence-electron chi connectivity index (χ2n) is 4.53. The van der Waals surface area contributed by atoms with Crippen LogP contribution in [-0.4, -0.2) is 13.4 Å². The van der Waals surface area contributed by atoms with Gasteiger partial charge in [0.1, 0.15) is 5.15 Å². The molecule has 1 heterocycles. The van der Waals surface area contributed by atoms with E-state index in [9.17, 15) is 8.42 Å². The predicted octanol–water partition coefficient (Wildman–Crippen LogP) is 3.50. The fourth-order valence-corrected chi connectivity index (χ4v) is 3.93. The van der Waals surface area contributed by atoms with Crippen LogP contribution in [0.2, 0.25) is 5.15 Å². The number of rotatable bonds is 3. The van der Waals surface area contributed by atoms with Gasteiger partial charge in [-0.1, -0.05) is 17.7 Å². The largest absolute Gasteiger partial charge is 0.398 e. The van der Waals surface area contributed by atoms with E-state index in [1.54, 1.807) is 32.0 Å². The van der Waals surface area contributed by atoms with Crippen molar-refractivity contribution in [1.82, 2.24) is 4.98 Å². The van der Waals surface area contributed by atoms with Crippen molar-refractivity contribution in [1.29, 1.82) is 0 Å². The Balaban J connectivity index is 2.48. The van der Waals surface area contributed by atoms with Crippen LogP contribution in [0.15, 0.2) is 33.8 Å². The van der Waals surface area contributed by atoms with Crippen LogP contribution in [0.5, 0.6) is 0 Å². The number of pyridine rings is 1. The van der Waals surface area contributed by atoms with E-state index in [1.807, 2.05) is 0 Å². The maximum atomic E-state index is 12.5. The van der Waals surface area contributed by atoms with Crippen molar-refractivity contribution in [2.24, 2.45) is 0 Å². The number of aryl methyl sites for hydroxylation is 1. The number of nitrogen functional groups attached to an aromatic ring is 1. The third kappa shape index (κ3) is 3.30. The summed E-state index contributed by atoms with van der Waals surface area (Å²) in [7, 11) is -3.76. The number of nitrogens with zero attached hydrogens (tertiary/aromatic N) is 1. The van der Waals surface area contributed by atoms with Gasteiger partial charge >= 0.3 is 0 Å². The number of sulfonamides is 1. The monoisotopic (exact) mass is 389 g/mol. The lowest BCUT2D eigenvalue weighted by atomic mass is 10.1. The molecule has 2 aromatic rings. The topological polar surface area (TPSA) is 85.1 Å². The van der Waals surface area contributed by atoms with Gasteiger partial charge in [-0.25, -0.2) is 13.4 Å². The number of hydrogen-bond donors (Lipinski definition) is 2. The first kappa shape index (κ1) is 16.1. The average molecular weight is 391 g/mol. The van der Waals surface area contributed by atoms with Crippen LogP contribution in [0.25, 0.3) is 0 Å². The lowest BCUT2D eigenvalue weighted by Gasteiger charge is -2.14. The Labute approximate surface area is 136 Å². The van der Waals surface area contributed by atoms with Crippen molar-refractivity contribution in [3.05, 3.63) is 45.1 Å². The molecule has 0 fully saturated rings. The summed E-state index contributed by atoms with van der Waals surface area (Å²) in [4.78, 5) is 4.06. The minimum atomic E-state index is -3.76. The molecule has 0 spiro atoms. The van der Waals surface area contributed by atoms with E-state index >= 15 is 0 Å². The fourth-order valence-electron chi connectivity index (χ4n) is 1.94. The van der Waals surface area contributed by atoms with Crippen LogP contribution in [-0.2, 0) is 10.0 Å². The number of nitrogens with one attached hydrogen (secondary N) is 1. The van der Waals surface area contributed by atoms with Gasteiger partial charge in [-0.15, -0.1) is 0 Å². The zero-order valence-electron chi connectivity index (χ0n) is 11.3. The Bertz CT molecular complexity index is 809. The van der Waals surface area contributed by atoms with Crippen LogP contribution in [0.4, 0.5) is 11.4 Å². The maximum absolute atomic E-state index is 12.5. The van der Waals surface area contributed by atoms with Gasteiger partial charge in [-0.2, -0.15) is 0 Å². The second kappa shape index (κ2) is 5.82. The fraction of sp³-hybridized carbons (Fsp3) is 0.154. The summed E-state index contributed by atoms with van der Waals surface area (Å²) in [6.45, 7) is 3.39. The highest BCUT2D eigenvalue weighted by Gasteiger charge is 2.21. The lowest BCUT2D eigenvalue weighted by molar-refractivity contribution is 0.600. The van der Waals surface area contributed by atoms with Crippen molar-refractivity contribution in [3.63, 3.8) is 0 Å². The zero-order valence-corrected chi connectivity index (χ0v) is 14.5. The molecule has 0 aliphatic carbocycles. The summed E-state index contributed by atoms with van der Waals surface area (Å²) in [6, 6.07) is 4.90. The molecule has 1 aromatic carbocycles. The van der Waals surface area contributed by atoms with Crippen LogP contribution in [0.3, 0.4) is 0 Å². The SMILES string of the molecule is Cc1ccc(N)c(C)c1S(=O)(=O)Nc1cnc(Cl)c(Br)c1. The van der Waals surface area contributed by atoms with Crippen molar-refractivity contribution >= 4 is 48.9 Å². The molecule has 1 aromatic heterocycles. The van der Waals surface area contributed by atoms with Gasteiger partial charge in [-0.3, -0.25) is 4.72 Å². The number of hydrogen-bond acceptors (Lipinski definition) is 4. The van der Waals surface area contributed by atoms with Crippen molar-refractivity contribution < 1.29 is 8.42 Å². The summed E-state index contributed by atoms with van der Waals surface area (Å²) >= 11 is 8.99. The van der Waals surface area contributed by atoms with Gasteiger partial charge in [-0.05, 0) is 53.0 Å². The molecule has 0 atom stereocenters. The number of anilines is 2. The minimum Gasteiger partial charge on any atom is -0.398 e. The first-order valence-electron chi connectivity index (χ1n) is 5.92. The predicted molar refractivity (Wildman–Crippen MR) is 88.1 cm³/mol. The number of benzene rings is 1. The van der Waals surface area contributed by atoms with Crippen molar-refractivity contribution in [3.8, 4) is 0 Å². The van der Waals surface area contributed by atoms with Gasteiger partial charge in [0, 0.05) is 5.69 Å². The van der Waals surface area contributed by atoms with Gasteiger partial charge in [0.15, 0.2) is 0 Å². The normalized spacial score (nSPS) is 11.4. The highest BCUT2D eigenvalue weighted by molar-refractivity contribution is 9.10. The van der Waals surface area contributed by atoms with E-state index in [0.717, 1.165) is 0 Å². The first-order chi connectivity index (χ1) is 9.72. The van der Waals surface area contributed by atoms with Crippen molar-refractivity contribution in [2.45, 2.75) is 18.7 Å². The molecule has 0 radical (unpaired) electrons. The molecule has 0 amide bonds. The molecule has 0 saturated carbocycles. The van der Waals surface area contributed by atoms with E-state index in [1.165, 1.54) is 6.20 Å². The Morgan fingerprint density at radius 3 is 2.62 bits per heavy atom. The zero-order chi connectivity index (χ0) is 15.8. The van der Waals surface area contributed by atoms with E-state index < -0.39 is 10.0 Å². The summed E-state index contributed by atoms with van der Waals surface area (Å²) < 4.78 is 28.1. The highest BCUT2D eigenvalue weighted by atomic mass is 79.9. The minimum absolute atomic E-state index is 0.175.